The molecule has 0 spiro atoms. The molecule has 1 N–H and O–H groups in total. The van der Waals surface area contributed by atoms with Crippen LogP contribution in [0.15, 0.2) is 27.6 Å². The van der Waals surface area contributed by atoms with E-state index in [1.54, 1.807) is 18.2 Å². The molecule has 1 aromatic carbocycles. The topological polar surface area (TPSA) is 76.5 Å². The van der Waals surface area contributed by atoms with Crippen molar-refractivity contribution >= 4 is 46.8 Å². The number of benzene rings is 1. The van der Waals surface area contributed by atoms with Crippen molar-refractivity contribution in [2.24, 2.45) is 5.10 Å². The number of rotatable bonds is 7. The van der Waals surface area contributed by atoms with Gasteiger partial charge in [0, 0.05) is 10.6 Å². The highest BCUT2D eigenvalue weighted by atomic mass is 35.5. The Morgan fingerprint density at radius 1 is 1.52 bits per heavy atom. The number of thioether (sulfide) groups is 1. The molecule has 0 fully saturated rings. The zero-order valence-electron chi connectivity index (χ0n) is 12.6. The Kier molecular flexibility index (Phi) is 6.82. The first-order valence-electron chi connectivity index (χ1n) is 6.75. The van der Waals surface area contributed by atoms with Crippen LogP contribution < -0.4 is 10.2 Å². The Morgan fingerprint density at radius 2 is 2.35 bits per heavy atom. The Balaban J connectivity index is 1.88. The van der Waals surface area contributed by atoms with E-state index < -0.39 is 0 Å². The van der Waals surface area contributed by atoms with Crippen LogP contribution in [0.2, 0.25) is 5.02 Å². The van der Waals surface area contributed by atoms with Crippen molar-refractivity contribution in [3.63, 3.8) is 0 Å². The highest BCUT2D eigenvalue weighted by Gasteiger charge is 2.06. The van der Waals surface area contributed by atoms with Crippen LogP contribution in [0.25, 0.3) is 0 Å². The smallest absolute Gasteiger partial charge is 0.250 e. The summed E-state index contributed by atoms with van der Waals surface area (Å²) in [4.78, 5) is 11.7. The molecule has 9 heteroatoms. The maximum absolute atomic E-state index is 11.7. The molecule has 0 saturated carbocycles. The van der Waals surface area contributed by atoms with E-state index in [2.05, 4.69) is 20.7 Å². The van der Waals surface area contributed by atoms with E-state index in [1.165, 1.54) is 29.3 Å². The molecule has 1 amide bonds. The summed E-state index contributed by atoms with van der Waals surface area (Å²) in [6.07, 6.45) is 1.51. The Bertz CT molecular complexity index is 706. The van der Waals surface area contributed by atoms with Gasteiger partial charge in [-0.25, -0.2) is 5.43 Å². The van der Waals surface area contributed by atoms with Crippen LogP contribution in [-0.2, 0) is 4.79 Å². The third kappa shape index (κ3) is 5.81. The van der Waals surface area contributed by atoms with Gasteiger partial charge in [0.25, 0.3) is 5.91 Å². The average molecular weight is 371 g/mol. The SMILES string of the molecule is CCOc1ccc(Cl)cc1/C=N\NC(=O)CSc1nnc(C)s1. The molecular formula is C14H15ClN4O2S2. The van der Waals surface area contributed by atoms with E-state index >= 15 is 0 Å². The minimum Gasteiger partial charge on any atom is -0.493 e. The number of nitrogens with one attached hydrogen (secondary N) is 1. The van der Waals surface area contributed by atoms with E-state index in [0.29, 0.717) is 22.9 Å². The zero-order valence-corrected chi connectivity index (χ0v) is 15.0. The fraction of sp³-hybridized carbons (Fsp3) is 0.286. The van der Waals surface area contributed by atoms with Gasteiger partial charge >= 0.3 is 0 Å². The maximum atomic E-state index is 11.7. The highest BCUT2D eigenvalue weighted by molar-refractivity contribution is 8.01. The van der Waals surface area contributed by atoms with Gasteiger partial charge in [-0.2, -0.15) is 5.10 Å². The molecule has 0 saturated heterocycles. The molecule has 0 radical (unpaired) electrons. The van der Waals surface area contributed by atoms with Gasteiger partial charge in [-0.05, 0) is 32.0 Å². The fourth-order valence-electron chi connectivity index (χ4n) is 1.58. The molecule has 1 aromatic heterocycles. The molecule has 0 aliphatic heterocycles. The molecular weight excluding hydrogens is 356 g/mol. The minimum absolute atomic E-state index is 0.222. The van der Waals surface area contributed by atoms with Crippen LogP contribution in [0.5, 0.6) is 5.75 Å². The number of ether oxygens (including phenoxy) is 1. The summed E-state index contributed by atoms with van der Waals surface area (Å²) in [5.41, 5.74) is 3.17. The molecule has 23 heavy (non-hydrogen) atoms. The lowest BCUT2D eigenvalue weighted by molar-refractivity contribution is -0.118. The molecule has 122 valence electrons. The van der Waals surface area contributed by atoms with Crippen LogP contribution in [-0.4, -0.2) is 34.7 Å². The largest absolute Gasteiger partial charge is 0.493 e. The summed E-state index contributed by atoms with van der Waals surface area (Å²) in [5, 5.41) is 13.2. The van der Waals surface area contributed by atoms with Crippen LogP contribution in [0, 0.1) is 6.92 Å². The summed E-state index contributed by atoms with van der Waals surface area (Å²) in [6, 6.07) is 5.23. The van der Waals surface area contributed by atoms with Gasteiger partial charge in [0.15, 0.2) is 4.34 Å². The second kappa shape index (κ2) is 8.85. The third-order valence-electron chi connectivity index (χ3n) is 2.50. The molecule has 1 heterocycles. The van der Waals surface area contributed by atoms with Crippen molar-refractivity contribution in [3.8, 4) is 5.75 Å². The Hall–Kier alpha value is -1.64. The van der Waals surface area contributed by atoms with Crippen LogP contribution >= 0.6 is 34.7 Å². The van der Waals surface area contributed by atoms with Crippen LogP contribution in [0.1, 0.15) is 17.5 Å². The number of amides is 1. The number of halogens is 1. The van der Waals surface area contributed by atoms with Crippen LogP contribution in [0.3, 0.4) is 0 Å². The molecule has 0 unspecified atom stereocenters. The normalized spacial score (nSPS) is 10.9. The average Bonchev–Trinajstić information content (AvgIpc) is 2.93. The van der Waals surface area contributed by atoms with Crippen molar-refractivity contribution in [2.75, 3.05) is 12.4 Å². The lowest BCUT2D eigenvalue weighted by Crippen LogP contribution is -2.19. The predicted octanol–water partition coefficient (Wildman–Crippen LogP) is 3.14. The van der Waals surface area contributed by atoms with E-state index in [1.807, 2.05) is 13.8 Å². The maximum Gasteiger partial charge on any atom is 0.250 e. The fourth-order valence-corrected chi connectivity index (χ4v) is 3.37. The van der Waals surface area contributed by atoms with Crippen molar-refractivity contribution in [1.29, 1.82) is 0 Å². The van der Waals surface area contributed by atoms with E-state index in [0.717, 1.165) is 9.35 Å². The second-order valence-corrected chi connectivity index (χ2v) is 7.12. The highest BCUT2D eigenvalue weighted by Crippen LogP contribution is 2.22. The Labute approximate surface area is 147 Å². The van der Waals surface area contributed by atoms with Crippen LogP contribution in [0.4, 0.5) is 0 Å². The van der Waals surface area contributed by atoms with Gasteiger partial charge in [-0.15, -0.1) is 10.2 Å². The number of aromatic nitrogens is 2. The van der Waals surface area contributed by atoms with Gasteiger partial charge < -0.3 is 4.74 Å². The standard InChI is InChI=1S/C14H15ClN4O2S2/c1-3-21-12-5-4-11(15)6-10(12)7-16-18-13(20)8-22-14-19-17-9(2)23-14/h4-7H,3,8H2,1-2H3,(H,18,20)/b16-7-. The van der Waals surface area contributed by atoms with Crippen molar-refractivity contribution in [2.45, 2.75) is 18.2 Å². The molecule has 0 bridgehead atoms. The summed E-state index contributed by atoms with van der Waals surface area (Å²) < 4.78 is 6.24. The van der Waals surface area contributed by atoms with Gasteiger partial charge in [-0.3, -0.25) is 4.79 Å². The number of nitrogens with zero attached hydrogens (tertiary/aromatic N) is 3. The molecule has 2 rings (SSSR count). The summed E-state index contributed by atoms with van der Waals surface area (Å²) >= 11 is 8.73. The Morgan fingerprint density at radius 3 is 3.04 bits per heavy atom. The zero-order chi connectivity index (χ0) is 16.7. The number of hydrogen-bond donors (Lipinski definition) is 1. The molecule has 0 aliphatic rings. The number of hydrazone groups is 1. The molecule has 0 atom stereocenters. The van der Waals surface area contributed by atoms with Gasteiger partial charge in [0.1, 0.15) is 10.8 Å². The minimum atomic E-state index is -0.223. The first-order chi connectivity index (χ1) is 11.1. The molecule has 6 nitrogen and oxygen atoms in total. The quantitative estimate of drug-likeness (QED) is 0.460. The number of carbonyl (C=O) groups excluding carboxylic acids is 1. The summed E-state index contributed by atoms with van der Waals surface area (Å²) in [7, 11) is 0. The monoisotopic (exact) mass is 370 g/mol. The lowest BCUT2D eigenvalue weighted by atomic mass is 10.2. The number of carbonyl (C=O) groups is 1. The first kappa shape index (κ1) is 17.7. The first-order valence-corrected chi connectivity index (χ1v) is 8.93. The van der Waals surface area contributed by atoms with Gasteiger partial charge in [0.05, 0.1) is 18.6 Å². The molecule has 2 aromatic rings. The van der Waals surface area contributed by atoms with E-state index in [-0.39, 0.29) is 11.7 Å². The summed E-state index contributed by atoms with van der Waals surface area (Å²) in [5.74, 6) is 0.660. The van der Waals surface area contributed by atoms with Gasteiger partial charge in [-0.1, -0.05) is 34.7 Å². The van der Waals surface area contributed by atoms with Gasteiger partial charge in [0.2, 0.25) is 0 Å². The molecule has 0 aliphatic carbocycles. The van der Waals surface area contributed by atoms with E-state index in [4.69, 9.17) is 16.3 Å². The summed E-state index contributed by atoms with van der Waals surface area (Å²) in [6.45, 7) is 4.30. The van der Waals surface area contributed by atoms with Crippen molar-refractivity contribution < 1.29 is 9.53 Å². The van der Waals surface area contributed by atoms with Crippen molar-refractivity contribution in [3.05, 3.63) is 33.8 Å². The number of aryl methyl sites for hydroxylation is 1. The van der Waals surface area contributed by atoms with E-state index in [9.17, 15) is 4.79 Å². The predicted molar refractivity (Wildman–Crippen MR) is 93.7 cm³/mol. The lowest BCUT2D eigenvalue weighted by Gasteiger charge is -2.06. The second-order valence-electron chi connectivity index (χ2n) is 4.28. The van der Waals surface area contributed by atoms with Crippen molar-refractivity contribution in [1.82, 2.24) is 15.6 Å². The number of hydrogen-bond acceptors (Lipinski definition) is 7. The third-order valence-corrected chi connectivity index (χ3v) is 4.71.